The van der Waals surface area contributed by atoms with E-state index in [-0.39, 0.29) is 12.4 Å². The van der Waals surface area contributed by atoms with Crippen LogP contribution in [0, 0.1) is 11.8 Å². The van der Waals surface area contributed by atoms with Gasteiger partial charge in [-0.15, -0.1) is 0 Å². The maximum Gasteiger partial charge on any atom is 0.323 e. The number of nitrogens with zero attached hydrogens (tertiary/aromatic N) is 2. The van der Waals surface area contributed by atoms with Gasteiger partial charge in [0, 0.05) is 34.9 Å². The fraction of sp³-hybridized carbons (Fsp3) is 0.261. The van der Waals surface area contributed by atoms with Gasteiger partial charge in [-0.3, -0.25) is 15.1 Å². The number of rotatable bonds is 4. The highest BCUT2D eigenvalue weighted by Crippen LogP contribution is 2.41. The molecule has 1 aliphatic heterocycles. The zero-order chi connectivity index (χ0) is 21.6. The smallest absolute Gasteiger partial charge is 0.323 e. The van der Waals surface area contributed by atoms with Crippen LogP contribution >= 0.6 is 0 Å². The minimum atomic E-state index is -1.52. The van der Waals surface area contributed by atoms with Crippen LogP contribution in [-0.2, 0) is 11.3 Å². The van der Waals surface area contributed by atoms with Crippen LogP contribution < -0.4 is 15.4 Å². The molecule has 5 rings (SSSR count). The molecule has 3 amide bonds. The van der Waals surface area contributed by atoms with E-state index in [9.17, 15) is 14.7 Å². The fourth-order valence-corrected chi connectivity index (χ4v) is 3.89. The number of aromatic nitrogens is 2. The molecule has 3 aromatic rings. The van der Waals surface area contributed by atoms with Gasteiger partial charge >= 0.3 is 6.03 Å². The Morgan fingerprint density at radius 3 is 2.87 bits per heavy atom. The summed E-state index contributed by atoms with van der Waals surface area (Å²) in [4.78, 5) is 28.9. The largest absolute Gasteiger partial charge is 0.497 e. The van der Waals surface area contributed by atoms with Crippen molar-refractivity contribution in [3.8, 4) is 23.5 Å². The van der Waals surface area contributed by atoms with Gasteiger partial charge in [0.15, 0.2) is 5.88 Å². The molecule has 2 fully saturated rings. The molecule has 1 aromatic carbocycles. The molecule has 3 N–H and O–H groups in total. The Kier molecular flexibility index (Phi) is 4.33. The number of methoxy groups -OCH3 is 1. The maximum atomic E-state index is 12.8. The summed E-state index contributed by atoms with van der Waals surface area (Å²) in [6, 6.07) is 6.64. The zero-order valence-electron chi connectivity index (χ0n) is 16.8. The first kappa shape index (κ1) is 19.0. The second-order valence-corrected chi connectivity index (χ2v) is 7.83. The van der Waals surface area contributed by atoms with E-state index in [1.54, 1.807) is 37.8 Å². The Morgan fingerprint density at radius 2 is 2.16 bits per heavy atom. The maximum absolute atomic E-state index is 12.8. The normalized spacial score (nSPS) is 20.2. The van der Waals surface area contributed by atoms with E-state index in [4.69, 9.17) is 4.74 Å². The number of ether oxygens (including phenoxy) is 1. The first-order valence-electron chi connectivity index (χ1n) is 9.95. The Bertz CT molecular complexity index is 1280. The summed E-state index contributed by atoms with van der Waals surface area (Å²) < 4.78 is 6.73. The molecule has 3 heterocycles. The van der Waals surface area contributed by atoms with Crippen LogP contribution in [-0.4, -0.2) is 39.2 Å². The van der Waals surface area contributed by atoms with Crippen molar-refractivity contribution < 1.29 is 19.4 Å². The number of fused-ring (bicyclic) bond motifs is 1. The zero-order valence-corrected chi connectivity index (χ0v) is 16.8. The van der Waals surface area contributed by atoms with Crippen molar-refractivity contribution in [2.75, 3.05) is 7.11 Å². The molecule has 8 nitrogen and oxygen atoms in total. The number of hydrogen-bond donors (Lipinski definition) is 3. The van der Waals surface area contributed by atoms with Gasteiger partial charge in [0.05, 0.1) is 13.7 Å². The number of amides is 3. The molecule has 0 spiro atoms. The van der Waals surface area contributed by atoms with Crippen molar-refractivity contribution in [2.24, 2.45) is 0 Å². The molecular formula is C23H20N4O4. The molecule has 8 heteroatoms. The van der Waals surface area contributed by atoms with Crippen LogP contribution in [0.5, 0.6) is 11.6 Å². The minimum Gasteiger partial charge on any atom is -0.497 e. The Morgan fingerprint density at radius 1 is 1.32 bits per heavy atom. The predicted molar refractivity (Wildman–Crippen MR) is 113 cm³/mol. The number of carbonyl (C=O) groups excluding carboxylic acids is 2. The molecule has 31 heavy (non-hydrogen) atoms. The number of urea groups is 1. The lowest BCUT2D eigenvalue weighted by atomic mass is 9.98. The second kappa shape index (κ2) is 7.06. The van der Waals surface area contributed by atoms with E-state index in [1.165, 1.54) is 4.57 Å². The number of benzene rings is 1. The molecule has 2 aliphatic rings. The molecular weight excluding hydrogens is 396 g/mol. The SMILES string of the molecule is COc1ccc2cn(C[C@@]3(C#Cc4cnccc4C4CC4)NC(=O)NC3=O)c(O)c2c1. The topological polar surface area (TPSA) is 105 Å². The third-order valence-electron chi connectivity index (χ3n) is 5.70. The first-order valence-corrected chi connectivity index (χ1v) is 9.95. The number of carbonyl (C=O) groups is 2. The molecule has 1 aliphatic carbocycles. The molecule has 0 unspecified atom stereocenters. The van der Waals surface area contributed by atoms with Crippen molar-refractivity contribution in [3.05, 3.63) is 54.0 Å². The van der Waals surface area contributed by atoms with Gasteiger partial charge in [0.25, 0.3) is 5.91 Å². The van der Waals surface area contributed by atoms with E-state index < -0.39 is 17.5 Å². The standard InChI is InChI=1S/C23H20N4O4/c1-31-17-5-4-16-12-27(20(28)19(16)10-17)13-23(21(29)25-22(30)26-23)8-6-15-11-24-9-7-18(15)14-2-3-14/h4-5,7,9-12,14,28H,2-3,13H2,1H3,(H2,25,26,29,30)/t23-/m1/s1. The number of aromatic hydroxyl groups is 1. The lowest BCUT2D eigenvalue weighted by molar-refractivity contribution is -0.122. The molecule has 1 saturated heterocycles. The lowest BCUT2D eigenvalue weighted by Crippen LogP contribution is -2.49. The van der Waals surface area contributed by atoms with Crippen LogP contribution in [0.1, 0.15) is 29.9 Å². The van der Waals surface area contributed by atoms with Crippen LogP contribution in [0.25, 0.3) is 10.8 Å². The van der Waals surface area contributed by atoms with Gasteiger partial charge in [-0.2, -0.15) is 0 Å². The van der Waals surface area contributed by atoms with Gasteiger partial charge in [-0.05, 0) is 48.6 Å². The summed E-state index contributed by atoms with van der Waals surface area (Å²) in [5.74, 6) is 6.49. The van der Waals surface area contributed by atoms with Gasteiger partial charge in [-0.25, -0.2) is 4.79 Å². The van der Waals surface area contributed by atoms with Crippen LogP contribution in [0.2, 0.25) is 0 Å². The third kappa shape index (κ3) is 3.34. The molecule has 1 atom stereocenters. The van der Waals surface area contributed by atoms with E-state index in [1.807, 2.05) is 12.1 Å². The fourth-order valence-electron chi connectivity index (χ4n) is 3.89. The van der Waals surface area contributed by atoms with Crippen molar-refractivity contribution in [1.29, 1.82) is 0 Å². The Balaban J connectivity index is 1.56. The van der Waals surface area contributed by atoms with Gasteiger partial charge in [0.2, 0.25) is 5.54 Å². The van der Waals surface area contributed by atoms with E-state index in [0.717, 1.165) is 29.4 Å². The summed E-state index contributed by atoms with van der Waals surface area (Å²) in [7, 11) is 1.55. The summed E-state index contributed by atoms with van der Waals surface area (Å²) >= 11 is 0. The number of pyridine rings is 1. The number of hydrogen-bond acceptors (Lipinski definition) is 5. The second-order valence-electron chi connectivity index (χ2n) is 7.83. The summed E-state index contributed by atoms with van der Waals surface area (Å²) in [5, 5.41) is 17.0. The predicted octanol–water partition coefficient (Wildman–Crippen LogP) is 2.26. The lowest BCUT2D eigenvalue weighted by Gasteiger charge is -2.21. The summed E-state index contributed by atoms with van der Waals surface area (Å²) in [5.41, 5.74) is 0.318. The highest BCUT2D eigenvalue weighted by Gasteiger charge is 2.46. The van der Waals surface area contributed by atoms with Crippen LogP contribution in [0.15, 0.2) is 42.9 Å². The first-order chi connectivity index (χ1) is 15.0. The van der Waals surface area contributed by atoms with Crippen LogP contribution in [0.3, 0.4) is 0 Å². The average Bonchev–Trinajstić information content (AvgIpc) is 3.52. The highest BCUT2D eigenvalue weighted by atomic mass is 16.5. The monoisotopic (exact) mass is 416 g/mol. The van der Waals surface area contributed by atoms with Crippen molar-refractivity contribution in [3.63, 3.8) is 0 Å². The van der Waals surface area contributed by atoms with Gasteiger partial charge in [0.1, 0.15) is 5.75 Å². The van der Waals surface area contributed by atoms with Crippen molar-refractivity contribution in [1.82, 2.24) is 20.2 Å². The molecule has 2 aromatic heterocycles. The number of imide groups is 1. The van der Waals surface area contributed by atoms with Crippen molar-refractivity contribution >= 4 is 22.7 Å². The Labute approximate surface area is 178 Å². The van der Waals surface area contributed by atoms with E-state index in [0.29, 0.717) is 17.1 Å². The molecule has 0 radical (unpaired) electrons. The average molecular weight is 416 g/mol. The molecule has 156 valence electrons. The summed E-state index contributed by atoms with van der Waals surface area (Å²) in [6.07, 6.45) is 7.33. The number of nitrogens with one attached hydrogen (secondary N) is 2. The Hall–Kier alpha value is -3.99. The molecule has 0 bridgehead atoms. The quantitative estimate of drug-likeness (QED) is 0.447. The van der Waals surface area contributed by atoms with Gasteiger partial charge in [-0.1, -0.05) is 11.8 Å². The summed E-state index contributed by atoms with van der Waals surface area (Å²) in [6.45, 7) is -0.0561. The van der Waals surface area contributed by atoms with Crippen LogP contribution in [0.4, 0.5) is 4.79 Å². The minimum absolute atomic E-state index is 0.0379. The van der Waals surface area contributed by atoms with E-state index in [2.05, 4.69) is 27.5 Å². The third-order valence-corrected chi connectivity index (χ3v) is 5.70. The highest BCUT2D eigenvalue weighted by molar-refractivity contribution is 6.09. The van der Waals surface area contributed by atoms with Gasteiger partial charge < -0.3 is 19.7 Å². The molecule has 1 saturated carbocycles. The van der Waals surface area contributed by atoms with E-state index >= 15 is 0 Å². The van der Waals surface area contributed by atoms with Crippen molar-refractivity contribution in [2.45, 2.75) is 30.8 Å².